The largest absolute Gasteiger partial charge is 0.490 e. The minimum atomic E-state index is 0.0169. The predicted molar refractivity (Wildman–Crippen MR) is 121 cm³/mol. The molecule has 0 bridgehead atoms. The van der Waals surface area contributed by atoms with Crippen LogP contribution in [0.25, 0.3) is 11.3 Å². The molecule has 3 aromatic rings. The van der Waals surface area contributed by atoms with Crippen LogP contribution in [-0.2, 0) is 17.6 Å². The standard InChI is InChI=1S/C24H28N2O3S/c1-4-28-22-11-8-19(14-23(22)29-5-2)12-13-25-24(27)15-18-6-9-20(10-7-18)21-16-30-17(3)26-21/h6-11,14,16H,4-5,12-13,15H2,1-3H3,(H,25,27). The summed E-state index contributed by atoms with van der Waals surface area (Å²) >= 11 is 1.64. The lowest BCUT2D eigenvalue weighted by molar-refractivity contribution is -0.120. The van der Waals surface area contributed by atoms with Gasteiger partial charge in [-0.05, 0) is 50.5 Å². The van der Waals surface area contributed by atoms with Gasteiger partial charge in [0.05, 0.1) is 30.3 Å². The SMILES string of the molecule is CCOc1ccc(CCNC(=O)Cc2ccc(-c3csc(C)n3)cc2)cc1OCC. The highest BCUT2D eigenvalue weighted by Gasteiger charge is 2.08. The molecular weight excluding hydrogens is 396 g/mol. The molecule has 1 aromatic heterocycles. The van der Waals surface area contributed by atoms with Crippen LogP contribution in [0, 0.1) is 6.92 Å². The van der Waals surface area contributed by atoms with Crippen molar-refractivity contribution in [2.45, 2.75) is 33.6 Å². The molecular formula is C24H28N2O3S. The molecule has 0 aliphatic carbocycles. The lowest BCUT2D eigenvalue weighted by atomic mass is 10.1. The van der Waals surface area contributed by atoms with Gasteiger partial charge in [0.1, 0.15) is 0 Å². The number of ether oxygens (including phenoxy) is 2. The summed E-state index contributed by atoms with van der Waals surface area (Å²) < 4.78 is 11.3. The topological polar surface area (TPSA) is 60.5 Å². The van der Waals surface area contributed by atoms with Gasteiger partial charge in [-0.3, -0.25) is 4.79 Å². The number of thiazole rings is 1. The maximum absolute atomic E-state index is 12.3. The van der Waals surface area contributed by atoms with Crippen LogP contribution >= 0.6 is 11.3 Å². The third-order valence-electron chi connectivity index (χ3n) is 4.58. The molecule has 30 heavy (non-hydrogen) atoms. The van der Waals surface area contributed by atoms with Crippen LogP contribution < -0.4 is 14.8 Å². The summed E-state index contributed by atoms with van der Waals surface area (Å²) in [5.74, 6) is 1.52. The lowest BCUT2D eigenvalue weighted by Gasteiger charge is -2.12. The molecule has 0 spiro atoms. The second-order valence-corrected chi connectivity index (χ2v) is 7.93. The van der Waals surface area contributed by atoms with E-state index in [-0.39, 0.29) is 5.91 Å². The van der Waals surface area contributed by atoms with Gasteiger partial charge >= 0.3 is 0 Å². The van der Waals surface area contributed by atoms with Crippen LogP contribution in [0.15, 0.2) is 47.8 Å². The summed E-state index contributed by atoms with van der Waals surface area (Å²) in [6.07, 6.45) is 1.10. The molecule has 2 aromatic carbocycles. The van der Waals surface area contributed by atoms with Gasteiger partial charge in [0.2, 0.25) is 5.91 Å². The van der Waals surface area contributed by atoms with E-state index in [4.69, 9.17) is 9.47 Å². The van der Waals surface area contributed by atoms with Gasteiger partial charge < -0.3 is 14.8 Å². The fourth-order valence-corrected chi connectivity index (χ4v) is 3.76. The van der Waals surface area contributed by atoms with Crippen molar-refractivity contribution in [3.63, 3.8) is 0 Å². The predicted octanol–water partition coefficient (Wildman–Crippen LogP) is 4.82. The average Bonchev–Trinajstić information content (AvgIpc) is 3.17. The Labute approximate surface area is 182 Å². The number of hydrogen-bond acceptors (Lipinski definition) is 5. The first-order chi connectivity index (χ1) is 14.6. The number of rotatable bonds is 10. The molecule has 0 fully saturated rings. The second kappa shape index (κ2) is 10.8. The monoisotopic (exact) mass is 424 g/mol. The van der Waals surface area contributed by atoms with E-state index in [9.17, 15) is 4.79 Å². The maximum atomic E-state index is 12.3. The zero-order valence-corrected chi connectivity index (χ0v) is 18.6. The molecule has 158 valence electrons. The average molecular weight is 425 g/mol. The van der Waals surface area contributed by atoms with E-state index < -0.39 is 0 Å². The number of aryl methyl sites for hydroxylation is 1. The summed E-state index contributed by atoms with van der Waals surface area (Å²) in [4.78, 5) is 16.8. The number of aromatic nitrogens is 1. The first kappa shape index (κ1) is 21.8. The van der Waals surface area contributed by atoms with E-state index in [1.165, 1.54) is 0 Å². The van der Waals surface area contributed by atoms with Crippen LogP contribution in [0.4, 0.5) is 0 Å². The van der Waals surface area contributed by atoms with Gasteiger partial charge in [0.25, 0.3) is 0 Å². The van der Waals surface area contributed by atoms with Crippen LogP contribution in [0.1, 0.15) is 30.0 Å². The fourth-order valence-electron chi connectivity index (χ4n) is 3.13. The van der Waals surface area contributed by atoms with Crippen molar-refractivity contribution in [2.75, 3.05) is 19.8 Å². The van der Waals surface area contributed by atoms with Gasteiger partial charge in [-0.2, -0.15) is 0 Å². The van der Waals surface area contributed by atoms with Crippen molar-refractivity contribution in [1.29, 1.82) is 0 Å². The van der Waals surface area contributed by atoms with E-state index >= 15 is 0 Å². The van der Waals surface area contributed by atoms with Gasteiger partial charge in [-0.15, -0.1) is 11.3 Å². The first-order valence-electron chi connectivity index (χ1n) is 10.3. The number of carbonyl (C=O) groups excluding carboxylic acids is 1. The molecule has 0 saturated heterocycles. The zero-order chi connectivity index (χ0) is 21.3. The minimum Gasteiger partial charge on any atom is -0.490 e. The molecule has 3 rings (SSSR count). The molecule has 5 nitrogen and oxygen atoms in total. The summed E-state index contributed by atoms with van der Waals surface area (Å²) in [5, 5.41) is 6.10. The van der Waals surface area contributed by atoms with Crippen molar-refractivity contribution in [1.82, 2.24) is 10.3 Å². The Morgan fingerprint density at radius 3 is 2.37 bits per heavy atom. The fraction of sp³-hybridized carbons (Fsp3) is 0.333. The van der Waals surface area contributed by atoms with Crippen LogP contribution in [-0.4, -0.2) is 30.6 Å². The number of amides is 1. The Kier molecular flexibility index (Phi) is 7.85. The lowest BCUT2D eigenvalue weighted by Crippen LogP contribution is -2.27. The van der Waals surface area contributed by atoms with Gasteiger partial charge in [0, 0.05) is 17.5 Å². The smallest absolute Gasteiger partial charge is 0.224 e. The third kappa shape index (κ3) is 6.07. The second-order valence-electron chi connectivity index (χ2n) is 6.87. The molecule has 0 unspecified atom stereocenters. The highest BCUT2D eigenvalue weighted by Crippen LogP contribution is 2.28. The number of carbonyl (C=O) groups is 1. The number of nitrogens with one attached hydrogen (secondary N) is 1. The quantitative estimate of drug-likeness (QED) is 0.507. The Balaban J connectivity index is 1.49. The molecule has 1 amide bonds. The third-order valence-corrected chi connectivity index (χ3v) is 5.35. The van der Waals surface area contributed by atoms with Crippen LogP contribution in [0.2, 0.25) is 0 Å². The Bertz CT molecular complexity index is 967. The van der Waals surface area contributed by atoms with Crippen LogP contribution in [0.5, 0.6) is 11.5 Å². The van der Waals surface area contributed by atoms with Crippen molar-refractivity contribution < 1.29 is 14.3 Å². The van der Waals surface area contributed by atoms with E-state index in [1.807, 2.05) is 63.2 Å². The number of hydrogen-bond donors (Lipinski definition) is 1. The molecule has 0 atom stereocenters. The van der Waals surface area contributed by atoms with Crippen molar-refractivity contribution >= 4 is 17.2 Å². The summed E-state index contributed by atoms with van der Waals surface area (Å²) in [5.41, 5.74) is 4.15. The van der Waals surface area contributed by atoms with Gasteiger partial charge in [0.15, 0.2) is 11.5 Å². The van der Waals surface area contributed by atoms with Crippen molar-refractivity contribution in [3.05, 3.63) is 64.0 Å². The number of benzene rings is 2. The Hall–Kier alpha value is -2.86. The summed E-state index contributed by atoms with van der Waals surface area (Å²) in [7, 11) is 0. The van der Waals surface area contributed by atoms with E-state index in [0.29, 0.717) is 26.2 Å². The minimum absolute atomic E-state index is 0.0169. The van der Waals surface area contributed by atoms with Crippen molar-refractivity contribution in [2.24, 2.45) is 0 Å². The first-order valence-corrected chi connectivity index (χ1v) is 11.1. The van der Waals surface area contributed by atoms with E-state index in [2.05, 4.69) is 15.7 Å². The van der Waals surface area contributed by atoms with Gasteiger partial charge in [-0.25, -0.2) is 4.98 Å². The molecule has 6 heteroatoms. The highest BCUT2D eigenvalue weighted by atomic mass is 32.1. The van der Waals surface area contributed by atoms with E-state index in [1.54, 1.807) is 11.3 Å². The molecule has 0 aliphatic heterocycles. The summed E-state index contributed by atoms with van der Waals surface area (Å²) in [6, 6.07) is 13.9. The highest BCUT2D eigenvalue weighted by molar-refractivity contribution is 7.09. The molecule has 0 radical (unpaired) electrons. The van der Waals surface area contributed by atoms with Gasteiger partial charge in [-0.1, -0.05) is 30.3 Å². The van der Waals surface area contributed by atoms with E-state index in [0.717, 1.165) is 45.3 Å². The normalized spacial score (nSPS) is 10.6. The Morgan fingerprint density at radius 1 is 1.00 bits per heavy atom. The summed E-state index contributed by atoms with van der Waals surface area (Å²) in [6.45, 7) is 7.66. The zero-order valence-electron chi connectivity index (χ0n) is 17.7. The number of nitrogens with zero attached hydrogens (tertiary/aromatic N) is 1. The van der Waals surface area contributed by atoms with Crippen LogP contribution in [0.3, 0.4) is 0 Å². The van der Waals surface area contributed by atoms with Crippen molar-refractivity contribution in [3.8, 4) is 22.8 Å². The Morgan fingerprint density at radius 2 is 1.70 bits per heavy atom. The maximum Gasteiger partial charge on any atom is 0.224 e. The molecule has 0 saturated carbocycles. The molecule has 0 aliphatic rings. The molecule has 1 N–H and O–H groups in total. The molecule has 1 heterocycles.